The Morgan fingerprint density at radius 1 is 1.50 bits per heavy atom. The van der Waals surface area contributed by atoms with Crippen molar-refractivity contribution in [2.75, 3.05) is 12.4 Å². The van der Waals surface area contributed by atoms with Crippen molar-refractivity contribution >= 4 is 23.4 Å². The molecule has 0 aliphatic carbocycles. The third-order valence-corrected chi connectivity index (χ3v) is 3.91. The highest BCUT2D eigenvalue weighted by atomic mass is 35.5. The van der Waals surface area contributed by atoms with Gasteiger partial charge in [0.25, 0.3) is 0 Å². The van der Waals surface area contributed by atoms with Crippen LogP contribution in [0.25, 0.3) is 0 Å². The van der Waals surface area contributed by atoms with Gasteiger partial charge in [-0.25, -0.2) is 0 Å². The van der Waals surface area contributed by atoms with Gasteiger partial charge in [0.15, 0.2) is 0 Å². The number of hydrogen-bond acceptors (Lipinski definition) is 3. The second kappa shape index (κ2) is 7.56. The van der Waals surface area contributed by atoms with Crippen LogP contribution in [0.3, 0.4) is 0 Å². The third kappa shape index (κ3) is 4.44. The normalized spacial score (nSPS) is 11.9. The summed E-state index contributed by atoms with van der Waals surface area (Å²) in [7, 11) is 0. The van der Waals surface area contributed by atoms with Gasteiger partial charge < -0.3 is 4.74 Å². The fourth-order valence-electron chi connectivity index (χ4n) is 1.76. The van der Waals surface area contributed by atoms with Crippen molar-refractivity contribution in [1.82, 2.24) is 0 Å². The lowest BCUT2D eigenvalue weighted by Crippen LogP contribution is -2.05. The number of halogens is 1. The molecule has 1 rings (SSSR count). The molecule has 0 aromatic heterocycles. The molecule has 18 heavy (non-hydrogen) atoms. The highest BCUT2D eigenvalue weighted by Crippen LogP contribution is 2.29. The van der Waals surface area contributed by atoms with E-state index < -0.39 is 0 Å². The van der Waals surface area contributed by atoms with E-state index in [1.54, 1.807) is 0 Å². The average Bonchev–Trinajstić information content (AvgIpc) is 2.33. The van der Waals surface area contributed by atoms with Gasteiger partial charge in [-0.05, 0) is 61.2 Å². The zero-order valence-corrected chi connectivity index (χ0v) is 12.6. The van der Waals surface area contributed by atoms with Gasteiger partial charge in [-0.15, -0.1) is 0 Å². The van der Waals surface area contributed by atoms with Crippen molar-refractivity contribution < 1.29 is 4.74 Å². The minimum Gasteiger partial charge on any atom is -0.494 e. The second-order valence-corrected chi connectivity index (χ2v) is 5.57. The number of rotatable bonds is 6. The van der Waals surface area contributed by atoms with E-state index >= 15 is 0 Å². The van der Waals surface area contributed by atoms with Gasteiger partial charge in [0, 0.05) is 10.8 Å². The van der Waals surface area contributed by atoms with Crippen LogP contribution in [0.4, 0.5) is 0 Å². The van der Waals surface area contributed by atoms with Crippen LogP contribution in [0.2, 0.25) is 5.02 Å². The molecular weight excluding hydrogens is 266 g/mol. The van der Waals surface area contributed by atoms with Crippen LogP contribution in [0, 0.1) is 23.5 Å². The highest BCUT2D eigenvalue weighted by Gasteiger charge is 2.11. The number of aryl methyl sites for hydroxylation is 1. The van der Waals surface area contributed by atoms with Crippen molar-refractivity contribution in [2.45, 2.75) is 27.2 Å². The standard InChI is InChI=1S/C14H18ClNOS/c1-4-17-14-6-11(3)13(15)7-12(14)5-10(2)8-18-9-16/h6-7,10H,4-5,8H2,1-3H3. The molecule has 0 heterocycles. The largest absolute Gasteiger partial charge is 0.494 e. The molecule has 0 saturated carbocycles. The summed E-state index contributed by atoms with van der Waals surface area (Å²) in [5, 5.41) is 11.4. The van der Waals surface area contributed by atoms with E-state index in [1.165, 1.54) is 11.8 Å². The maximum atomic E-state index is 8.57. The minimum absolute atomic E-state index is 0.424. The Kier molecular flexibility index (Phi) is 6.38. The molecule has 0 radical (unpaired) electrons. The Morgan fingerprint density at radius 3 is 2.83 bits per heavy atom. The number of thiocyanates is 1. The number of thioether (sulfide) groups is 1. The molecule has 1 unspecified atom stereocenters. The SMILES string of the molecule is CCOc1cc(C)c(Cl)cc1CC(C)CSC#N. The third-order valence-electron chi connectivity index (χ3n) is 2.64. The maximum absolute atomic E-state index is 8.57. The van der Waals surface area contributed by atoms with Crippen LogP contribution in [0.5, 0.6) is 5.75 Å². The Labute approximate surface area is 118 Å². The lowest BCUT2D eigenvalue weighted by molar-refractivity contribution is 0.335. The zero-order chi connectivity index (χ0) is 13.5. The van der Waals surface area contributed by atoms with Crippen molar-refractivity contribution in [2.24, 2.45) is 5.92 Å². The molecule has 0 saturated heterocycles. The molecule has 1 aromatic rings. The first-order chi connectivity index (χ1) is 8.58. The van der Waals surface area contributed by atoms with Gasteiger partial charge in [-0.1, -0.05) is 18.5 Å². The summed E-state index contributed by atoms with van der Waals surface area (Å²) in [6.07, 6.45) is 0.879. The maximum Gasteiger partial charge on any atom is 0.133 e. The molecule has 0 bridgehead atoms. The van der Waals surface area contributed by atoms with E-state index in [-0.39, 0.29) is 0 Å². The van der Waals surface area contributed by atoms with Crippen LogP contribution in [0.1, 0.15) is 25.0 Å². The Hall–Kier alpha value is -0.850. The number of ether oxygens (including phenoxy) is 1. The van der Waals surface area contributed by atoms with Gasteiger partial charge in [-0.2, -0.15) is 5.26 Å². The first-order valence-corrected chi connectivity index (χ1v) is 7.37. The summed E-state index contributed by atoms with van der Waals surface area (Å²) in [4.78, 5) is 0. The predicted octanol–water partition coefficient (Wildman–Crippen LogP) is 4.44. The van der Waals surface area contributed by atoms with Crippen molar-refractivity contribution in [3.63, 3.8) is 0 Å². The molecule has 1 atom stereocenters. The van der Waals surface area contributed by atoms with Gasteiger partial charge in [0.2, 0.25) is 0 Å². The molecular formula is C14H18ClNOS. The molecule has 0 spiro atoms. The van der Waals surface area contributed by atoms with E-state index in [9.17, 15) is 0 Å². The fourth-order valence-corrected chi connectivity index (χ4v) is 2.42. The summed E-state index contributed by atoms with van der Waals surface area (Å²) in [6, 6.07) is 3.97. The fraction of sp³-hybridized carbons (Fsp3) is 0.500. The molecule has 98 valence electrons. The van der Waals surface area contributed by atoms with Crippen LogP contribution in [0.15, 0.2) is 12.1 Å². The molecule has 0 aliphatic rings. The van der Waals surface area contributed by atoms with E-state index in [1.807, 2.05) is 26.0 Å². The number of nitrogens with zero attached hydrogens (tertiary/aromatic N) is 1. The summed E-state index contributed by atoms with van der Waals surface area (Å²) in [5.74, 6) is 2.16. The smallest absolute Gasteiger partial charge is 0.133 e. The Balaban J connectivity index is 2.85. The van der Waals surface area contributed by atoms with Crippen LogP contribution >= 0.6 is 23.4 Å². The number of nitriles is 1. The zero-order valence-electron chi connectivity index (χ0n) is 11.0. The van der Waals surface area contributed by atoms with Crippen molar-refractivity contribution in [3.8, 4) is 11.2 Å². The molecule has 1 aromatic carbocycles. The summed E-state index contributed by atoms with van der Waals surface area (Å²) < 4.78 is 5.65. The average molecular weight is 284 g/mol. The number of benzene rings is 1. The first-order valence-electron chi connectivity index (χ1n) is 6.01. The second-order valence-electron chi connectivity index (χ2n) is 4.35. The van der Waals surface area contributed by atoms with E-state index in [4.69, 9.17) is 21.6 Å². The molecule has 4 heteroatoms. The Morgan fingerprint density at radius 2 is 2.22 bits per heavy atom. The van der Waals surface area contributed by atoms with Crippen LogP contribution in [-0.4, -0.2) is 12.4 Å². The quantitative estimate of drug-likeness (QED) is 0.724. The number of hydrogen-bond donors (Lipinski definition) is 0. The molecule has 2 nitrogen and oxygen atoms in total. The van der Waals surface area contributed by atoms with Gasteiger partial charge >= 0.3 is 0 Å². The van der Waals surface area contributed by atoms with Gasteiger partial charge in [0.1, 0.15) is 11.2 Å². The van der Waals surface area contributed by atoms with Crippen LogP contribution in [-0.2, 0) is 6.42 Å². The monoisotopic (exact) mass is 283 g/mol. The summed E-state index contributed by atoms with van der Waals surface area (Å²) in [6.45, 7) is 6.73. The topological polar surface area (TPSA) is 33.0 Å². The summed E-state index contributed by atoms with van der Waals surface area (Å²) in [5.41, 5.74) is 2.15. The van der Waals surface area contributed by atoms with Crippen molar-refractivity contribution in [1.29, 1.82) is 5.26 Å². The van der Waals surface area contributed by atoms with E-state index in [0.29, 0.717) is 12.5 Å². The molecule has 0 amide bonds. The van der Waals surface area contributed by atoms with Crippen molar-refractivity contribution in [3.05, 3.63) is 28.3 Å². The van der Waals surface area contributed by atoms with Gasteiger partial charge in [0.05, 0.1) is 6.61 Å². The summed E-state index contributed by atoms with van der Waals surface area (Å²) >= 11 is 7.45. The molecule has 0 N–H and O–H groups in total. The molecule has 0 aliphatic heterocycles. The predicted molar refractivity (Wildman–Crippen MR) is 78.3 cm³/mol. The van der Waals surface area contributed by atoms with Crippen LogP contribution < -0.4 is 4.74 Å². The first kappa shape index (κ1) is 15.2. The van der Waals surface area contributed by atoms with E-state index in [0.717, 1.165) is 34.1 Å². The van der Waals surface area contributed by atoms with E-state index in [2.05, 4.69) is 12.3 Å². The Bertz CT molecular complexity index is 442. The molecule has 0 fully saturated rings. The van der Waals surface area contributed by atoms with Gasteiger partial charge in [-0.3, -0.25) is 0 Å². The highest BCUT2D eigenvalue weighted by molar-refractivity contribution is 8.03. The lowest BCUT2D eigenvalue weighted by atomic mass is 10.0. The minimum atomic E-state index is 0.424. The lowest BCUT2D eigenvalue weighted by Gasteiger charge is -2.15.